The van der Waals surface area contributed by atoms with Crippen molar-refractivity contribution in [2.75, 3.05) is 20.2 Å². The van der Waals surface area contributed by atoms with E-state index in [0.717, 1.165) is 58.0 Å². The largest absolute Gasteiger partial charge is 0.469 e. The first-order chi connectivity index (χ1) is 10.1. The van der Waals surface area contributed by atoms with Crippen molar-refractivity contribution in [3.8, 4) is 0 Å². The summed E-state index contributed by atoms with van der Waals surface area (Å²) in [6.45, 7) is 3.85. The highest BCUT2D eigenvalue weighted by atomic mass is 35.5. The van der Waals surface area contributed by atoms with Crippen LogP contribution >= 0.6 is 12.4 Å². The average molecular weight is 335 g/mol. The maximum atomic E-state index is 12.0. The molecule has 0 saturated carbocycles. The van der Waals surface area contributed by atoms with Crippen LogP contribution in [0.5, 0.6) is 0 Å². The fourth-order valence-corrected chi connectivity index (χ4v) is 2.75. The zero-order valence-corrected chi connectivity index (χ0v) is 14.7. The molecule has 1 heterocycles. The summed E-state index contributed by atoms with van der Waals surface area (Å²) in [6, 6.07) is 0.448. The highest BCUT2D eigenvalue weighted by Gasteiger charge is 2.23. The second kappa shape index (κ2) is 12.7. The first-order valence-electron chi connectivity index (χ1n) is 8.21. The van der Waals surface area contributed by atoms with Crippen molar-refractivity contribution in [1.29, 1.82) is 0 Å². The SMILES string of the molecule is COC(=O)CCCCCCCNC(=O)[C@H]1CCN[C@@H](C)C1.Cl. The number of carbonyl (C=O) groups excluding carboxylic acids is 2. The fraction of sp³-hybridized carbons (Fsp3) is 0.875. The lowest BCUT2D eigenvalue weighted by atomic mass is 9.92. The van der Waals surface area contributed by atoms with E-state index in [4.69, 9.17) is 0 Å². The Morgan fingerprint density at radius 2 is 1.86 bits per heavy atom. The number of hydrogen-bond donors (Lipinski definition) is 2. The third-order valence-corrected chi connectivity index (χ3v) is 4.08. The van der Waals surface area contributed by atoms with Crippen LogP contribution in [0.3, 0.4) is 0 Å². The van der Waals surface area contributed by atoms with E-state index >= 15 is 0 Å². The molecule has 22 heavy (non-hydrogen) atoms. The van der Waals surface area contributed by atoms with Gasteiger partial charge in [0.1, 0.15) is 0 Å². The van der Waals surface area contributed by atoms with Gasteiger partial charge in [-0.25, -0.2) is 0 Å². The van der Waals surface area contributed by atoms with E-state index < -0.39 is 0 Å². The minimum Gasteiger partial charge on any atom is -0.469 e. The summed E-state index contributed by atoms with van der Waals surface area (Å²) in [4.78, 5) is 22.9. The van der Waals surface area contributed by atoms with Crippen molar-refractivity contribution < 1.29 is 14.3 Å². The predicted octanol–water partition coefficient (Wildman–Crippen LogP) is 2.43. The van der Waals surface area contributed by atoms with E-state index in [1.165, 1.54) is 7.11 Å². The molecule has 0 aromatic carbocycles. The molecule has 0 aromatic heterocycles. The van der Waals surface area contributed by atoms with E-state index in [2.05, 4.69) is 22.3 Å². The number of ether oxygens (including phenoxy) is 1. The maximum Gasteiger partial charge on any atom is 0.305 e. The van der Waals surface area contributed by atoms with Crippen LogP contribution < -0.4 is 10.6 Å². The van der Waals surface area contributed by atoms with E-state index in [1.807, 2.05) is 0 Å². The van der Waals surface area contributed by atoms with E-state index in [-0.39, 0.29) is 30.2 Å². The summed E-state index contributed by atoms with van der Waals surface area (Å²) in [5.74, 6) is 0.272. The monoisotopic (exact) mass is 334 g/mol. The molecule has 1 amide bonds. The Bertz CT molecular complexity index is 327. The lowest BCUT2D eigenvalue weighted by molar-refractivity contribution is -0.140. The van der Waals surface area contributed by atoms with Gasteiger partial charge in [0.2, 0.25) is 5.91 Å². The van der Waals surface area contributed by atoms with Crippen LogP contribution in [0, 0.1) is 5.92 Å². The minimum atomic E-state index is -0.126. The van der Waals surface area contributed by atoms with Crippen LogP contribution in [0.2, 0.25) is 0 Å². The van der Waals surface area contributed by atoms with Gasteiger partial charge in [0.25, 0.3) is 0 Å². The quantitative estimate of drug-likeness (QED) is 0.502. The topological polar surface area (TPSA) is 67.4 Å². The van der Waals surface area contributed by atoms with Gasteiger partial charge < -0.3 is 15.4 Å². The number of halogens is 1. The maximum absolute atomic E-state index is 12.0. The second-order valence-corrected chi connectivity index (χ2v) is 5.96. The number of hydrogen-bond acceptors (Lipinski definition) is 4. The van der Waals surface area contributed by atoms with E-state index in [9.17, 15) is 9.59 Å². The summed E-state index contributed by atoms with van der Waals surface area (Å²) < 4.78 is 4.60. The summed E-state index contributed by atoms with van der Waals surface area (Å²) >= 11 is 0. The molecule has 2 N–H and O–H groups in total. The molecule has 0 spiro atoms. The number of piperidine rings is 1. The standard InChI is InChI=1S/C16H30N2O3.ClH/c1-13-12-14(9-11-17-13)16(20)18-10-7-5-3-4-6-8-15(19)21-2;/h13-14,17H,3-12H2,1-2H3,(H,18,20);1H/t13-,14-;/m0./s1. The number of methoxy groups -OCH3 is 1. The zero-order chi connectivity index (χ0) is 15.5. The van der Waals surface area contributed by atoms with Crippen molar-refractivity contribution >= 4 is 24.3 Å². The van der Waals surface area contributed by atoms with Crippen LogP contribution in [0.15, 0.2) is 0 Å². The molecule has 2 atom stereocenters. The van der Waals surface area contributed by atoms with Crippen LogP contribution in [0.25, 0.3) is 0 Å². The molecule has 1 rings (SSSR count). The van der Waals surface area contributed by atoms with Crippen molar-refractivity contribution in [2.24, 2.45) is 5.92 Å². The third-order valence-electron chi connectivity index (χ3n) is 4.08. The van der Waals surface area contributed by atoms with Crippen LogP contribution in [-0.2, 0) is 14.3 Å². The number of nitrogens with one attached hydrogen (secondary N) is 2. The molecular weight excluding hydrogens is 304 g/mol. The van der Waals surface area contributed by atoms with Gasteiger partial charge in [-0.3, -0.25) is 9.59 Å². The highest BCUT2D eigenvalue weighted by Crippen LogP contribution is 2.16. The van der Waals surface area contributed by atoms with Crippen molar-refractivity contribution in [2.45, 2.75) is 64.3 Å². The number of unbranched alkanes of at least 4 members (excludes halogenated alkanes) is 4. The predicted molar refractivity (Wildman–Crippen MR) is 90.2 cm³/mol. The second-order valence-electron chi connectivity index (χ2n) is 5.96. The van der Waals surface area contributed by atoms with Crippen molar-refractivity contribution in [1.82, 2.24) is 10.6 Å². The number of carbonyl (C=O) groups is 2. The third kappa shape index (κ3) is 9.26. The Kier molecular flexibility index (Phi) is 12.2. The van der Waals surface area contributed by atoms with Gasteiger partial charge in [-0.1, -0.05) is 19.3 Å². The van der Waals surface area contributed by atoms with Gasteiger partial charge in [-0.2, -0.15) is 0 Å². The smallest absolute Gasteiger partial charge is 0.305 e. The number of amides is 1. The Hall–Kier alpha value is -0.810. The molecule has 0 aliphatic carbocycles. The van der Waals surface area contributed by atoms with Crippen LogP contribution in [-0.4, -0.2) is 38.1 Å². The average Bonchev–Trinajstić information content (AvgIpc) is 2.49. The summed E-state index contributed by atoms with van der Waals surface area (Å²) in [7, 11) is 1.42. The van der Waals surface area contributed by atoms with Gasteiger partial charge in [-0.05, 0) is 39.2 Å². The van der Waals surface area contributed by atoms with Gasteiger partial charge >= 0.3 is 5.97 Å². The molecule has 1 aliphatic rings. The van der Waals surface area contributed by atoms with Crippen LogP contribution in [0.4, 0.5) is 0 Å². The summed E-state index contributed by atoms with van der Waals surface area (Å²) in [5, 5.41) is 6.41. The number of rotatable bonds is 9. The molecule has 0 aromatic rings. The lowest BCUT2D eigenvalue weighted by Crippen LogP contribution is -2.42. The first-order valence-corrected chi connectivity index (χ1v) is 8.21. The molecule has 1 saturated heterocycles. The van der Waals surface area contributed by atoms with Gasteiger partial charge in [0.05, 0.1) is 7.11 Å². The van der Waals surface area contributed by atoms with Gasteiger partial charge in [0.15, 0.2) is 0 Å². The first kappa shape index (κ1) is 21.2. The Balaban J connectivity index is 0.00000441. The Morgan fingerprint density at radius 3 is 2.55 bits per heavy atom. The summed E-state index contributed by atoms with van der Waals surface area (Å²) in [5.41, 5.74) is 0. The molecular formula is C16H31ClN2O3. The lowest BCUT2D eigenvalue weighted by Gasteiger charge is -2.27. The molecule has 0 radical (unpaired) electrons. The molecule has 5 nitrogen and oxygen atoms in total. The minimum absolute atomic E-state index is 0. The highest BCUT2D eigenvalue weighted by molar-refractivity contribution is 5.85. The molecule has 6 heteroatoms. The summed E-state index contributed by atoms with van der Waals surface area (Å²) in [6.07, 6.45) is 7.58. The van der Waals surface area contributed by atoms with Gasteiger partial charge in [-0.15, -0.1) is 12.4 Å². The molecule has 1 fully saturated rings. The van der Waals surface area contributed by atoms with Crippen molar-refractivity contribution in [3.05, 3.63) is 0 Å². The normalized spacial score (nSPS) is 20.8. The van der Waals surface area contributed by atoms with E-state index in [1.54, 1.807) is 0 Å². The Labute approximate surface area is 140 Å². The van der Waals surface area contributed by atoms with Gasteiger partial charge in [0, 0.05) is 24.9 Å². The Morgan fingerprint density at radius 1 is 1.18 bits per heavy atom. The molecule has 1 aliphatic heterocycles. The molecule has 0 bridgehead atoms. The molecule has 0 unspecified atom stereocenters. The zero-order valence-electron chi connectivity index (χ0n) is 13.9. The van der Waals surface area contributed by atoms with Crippen molar-refractivity contribution in [3.63, 3.8) is 0 Å². The van der Waals surface area contributed by atoms with E-state index in [0.29, 0.717) is 12.5 Å². The number of esters is 1. The fourth-order valence-electron chi connectivity index (χ4n) is 2.75. The molecule has 130 valence electrons. The van der Waals surface area contributed by atoms with Crippen LogP contribution in [0.1, 0.15) is 58.3 Å².